The molecule has 0 aliphatic carbocycles. The van der Waals surface area contributed by atoms with E-state index in [2.05, 4.69) is 58.0 Å². The summed E-state index contributed by atoms with van der Waals surface area (Å²) >= 11 is 0. The molecule has 1 atom stereocenters. The molecule has 1 unspecified atom stereocenters. The van der Waals surface area contributed by atoms with E-state index in [0.29, 0.717) is 6.04 Å². The Hall–Kier alpha value is -2.29. The predicted octanol–water partition coefficient (Wildman–Crippen LogP) is 3.77. The largest absolute Gasteiger partial charge is 0.369 e. The van der Waals surface area contributed by atoms with E-state index in [1.165, 1.54) is 5.56 Å². The second kappa shape index (κ2) is 5.78. The molecule has 0 aliphatic rings. The fraction of sp³-hybridized carbons (Fsp3) is 0.235. The van der Waals surface area contributed by atoms with Gasteiger partial charge < -0.3 is 5.32 Å². The van der Waals surface area contributed by atoms with Gasteiger partial charge in [0.15, 0.2) is 0 Å². The van der Waals surface area contributed by atoms with Crippen molar-refractivity contribution < 1.29 is 0 Å². The average Bonchev–Trinajstić information content (AvgIpc) is 2.96. The van der Waals surface area contributed by atoms with Gasteiger partial charge in [0, 0.05) is 18.4 Å². The van der Waals surface area contributed by atoms with Crippen LogP contribution < -0.4 is 5.32 Å². The van der Waals surface area contributed by atoms with Gasteiger partial charge in [-0.25, -0.2) is 4.98 Å². The zero-order valence-electron chi connectivity index (χ0n) is 11.7. The molecule has 2 aromatic heterocycles. The van der Waals surface area contributed by atoms with Crippen LogP contribution in [-0.2, 0) is 6.42 Å². The standard InChI is InChI=1S/C17H19N3/c1-14(10-11-15-6-3-2-4-7-15)19-17-9-5-8-16-18-12-13-20(16)17/h2-9,12-14,19H,10-11H2,1H3. The Morgan fingerprint density at radius 3 is 2.80 bits per heavy atom. The van der Waals surface area contributed by atoms with Gasteiger partial charge in [-0.15, -0.1) is 0 Å². The Bertz CT molecular complexity index is 673. The van der Waals surface area contributed by atoms with E-state index < -0.39 is 0 Å². The van der Waals surface area contributed by atoms with Gasteiger partial charge in [-0.2, -0.15) is 0 Å². The fourth-order valence-corrected chi connectivity index (χ4v) is 2.42. The second-order valence-electron chi connectivity index (χ2n) is 5.14. The van der Waals surface area contributed by atoms with Crippen molar-refractivity contribution in [3.05, 3.63) is 66.5 Å². The summed E-state index contributed by atoms with van der Waals surface area (Å²) < 4.78 is 2.08. The van der Waals surface area contributed by atoms with Crippen molar-refractivity contribution in [1.29, 1.82) is 0 Å². The van der Waals surface area contributed by atoms with Gasteiger partial charge in [-0.1, -0.05) is 36.4 Å². The van der Waals surface area contributed by atoms with E-state index in [-0.39, 0.29) is 0 Å². The molecular formula is C17H19N3. The highest BCUT2D eigenvalue weighted by atomic mass is 15.1. The highest BCUT2D eigenvalue weighted by Crippen LogP contribution is 2.14. The fourth-order valence-electron chi connectivity index (χ4n) is 2.42. The van der Waals surface area contributed by atoms with E-state index in [4.69, 9.17) is 0 Å². The first kappa shape index (κ1) is 12.7. The number of aryl methyl sites for hydroxylation is 1. The number of imidazole rings is 1. The van der Waals surface area contributed by atoms with Gasteiger partial charge >= 0.3 is 0 Å². The third-order valence-corrected chi connectivity index (χ3v) is 3.53. The quantitative estimate of drug-likeness (QED) is 0.761. The minimum Gasteiger partial charge on any atom is -0.369 e. The third kappa shape index (κ3) is 2.82. The van der Waals surface area contributed by atoms with Gasteiger partial charge in [0.05, 0.1) is 0 Å². The van der Waals surface area contributed by atoms with E-state index >= 15 is 0 Å². The predicted molar refractivity (Wildman–Crippen MR) is 83.0 cm³/mol. The SMILES string of the molecule is CC(CCc1ccccc1)Nc1cccc2nccn12. The lowest BCUT2D eigenvalue weighted by atomic mass is 10.1. The Labute approximate surface area is 119 Å². The van der Waals surface area contributed by atoms with Gasteiger partial charge in [0.2, 0.25) is 0 Å². The van der Waals surface area contributed by atoms with Crippen LogP contribution in [0.5, 0.6) is 0 Å². The Kier molecular flexibility index (Phi) is 3.68. The molecule has 0 spiro atoms. The molecule has 2 heterocycles. The summed E-state index contributed by atoms with van der Waals surface area (Å²) in [6.45, 7) is 2.22. The second-order valence-corrected chi connectivity index (χ2v) is 5.14. The average molecular weight is 265 g/mol. The number of hydrogen-bond acceptors (Lipinski definition) is 2. The maximum Gasteiger partial charge on any atom is 0.138 e. The first-order chi connectivity index (χ1) is 9.83. The monoisotopic (exact) mass is 265 g/mol. The van der Waals surface area contributed by atoms with Crippen molar-refractivity contribution >= 4 is 11.5 Å². The molecule has 0 fully saturated rings. The summed E-state index contributed by atoms with van der Waals surface area (Å²) in [6, 6.07) is 17.2. The van der Waals surface area contributed by atoms with Gasteiger partial charge in [-0.05, 0) is 37.5 Å². The molecule has 0 saturated carbocycles. The highest BCUT2D eigenvalue weighted by Gasteiger charge is 2.05. The zero-order valence-corrected chi connectivity index (χ0v) is 11.7. The third-order valence-electron chi connectivity index (χ3n) is 3.53. The molecule has 1 aromatic carbocycles. The summed E-state index contributed by atoms with van der Waals surface area (Å²) in [5, 5.41) is 3.56. The molecule has 0 amide bonds. The van der Waals surface area contributed by atoms with Crippen molar-refractivity contribution in [1.82, 2.24) is 9.38 Å². The van der Waals surface area contributed by atoms with Crippen LogP contribution in [0.15, 0.2) is 60.9 Å². The van der Waals surface area contributed by atoms with Crippen LogP contribution in [0, 0.1) is 0 Å². The van der Waals surface area contributed by atoms with Crippen molar-refractivity contribution in [3.63, 3.8) is 0 Å². The molecule has 3 heteroatoms. The van der Waals surface area contributed by atoms with Crippen LogP contribution in [0.4, 0.5) is 5.82 Å². The van der Waals surface area contributed by atoms with Crippen LogP contribution in [-0.4, -0.2) is 15.4 Å². The number of hydrogen-bond donors (Lipinski definition) is 1. The molecular weight excluding hydrogens is 246 g/mol. The van der Waals surface area contributed by atoms with E-state index in [1.54, 1.807) is 0 Å². The number of nitrogens with one attached hydrogen (secondary N) is 1. The molecule has 3 rings (SSSR count). The summed E-state index contributed by atoms with van der Waals surface area (Å²) in [7, 11) is 0. The molecule has 20 heavy (non-hydrogen) atoms. The Morgan fingerprint density at radius 1 is 1.10 bits per heavy atom. The summed E-state index contributed by atoms with van der Waals surface area (Å²) in [6.07, 6.45) is 6.01. The number of fused-ring (bicyclic) bond motifs is 1. The maximum absolute atomic E-state index is 4.30. The normalized spacial score (nSPS) is 12.4. The van der Waals surface area contributed by atoms with Crippen LogP contribution in [0.1, 0.15) is 18.9 Å². The van der Waals surface area contributed by atoms with Crippen molar-refractivity contribution in [2.45, 2.75) is 25.8 Å². The van der Waals surface area contributed by atoms with Crippen LogP contribution >= 0.6 is 0 Å². The zero-order chi connectivity index (χ0) is 13.8. The van der Waals surface area contributed by atoms with Gasteiger partial charge in [0.1, 0.15) is 11.5 Å². The summed E-state index contributed by atoms with van der Waals surface area (Å²) in [4.78, 5) is 4.30. The molecule has 102 valence electrons. The topological polar surface area (TPSA) is 29.3 Å². The Morgan fingerprint density at radius 2 is 1.95 bits per heavy atom. The molecule has 0 radical (unpaired) electrons. The lowest BCUT2D eigenvalue weighted by Gasteiger charge is -2.16. The lowest BCUT2D eigenvalue weighted by molar-refractivity contribution is 0.701. The first-order valence-corrected chi connectivity index (χ1v) is 7.05. The number of anilines is 1. The van der Waals surface area contributed by atoms with E-state index in [0.717, 1.165) is 24.3 Å². The molecule has 3 nitrogen and oxygen atoms in total. The molecule has 0 saturated heterocycles. The number of aromatic nitrogens is 2. The smallest absolute Gasteiger partial charge is 0.138 e. The van der Waals surface area contributed by atoms with E-state index in [1.807, 2.05) is 24.5 Å². The van der Waals surface area contributed by atoms with Crippen LogP contribution in [0.3, 0.4) is 0 Å². The summed E-state index contributed by atoms with van der Waals surface area (Å²) in [5.74, 6) is 1.10. The van der Waals surface area contributed by atoms with Crippen LogP contribution in [0.25, 0.3) is 5.65 Å². The van der Waals surface area contributed by atoms with E-state index in [9.17, 15) is 0 Å². The number of pyridine rings is 1. The lowest BCUT2D eigenvalue weighted by Crippen LogP contribution is -2.17. The summed E-state index contributed by atoms with van der Waals surface area (Å²) in [5.41, 5.74) is 2.37. The van der Waals surface area contributed by atoms with Gasteiger partial charge in [0.25, 0.3) is 0 Å². The molecule has 3 aromatic rings. The highest BCUT2D eigenvalue weighted by molar-refractivity contribution is 5.50. The Balaban J connectivity index is 1.64. The minimum absolute atomic E-state index is 0.420. The molecule has 1 N–H and O–H groups in total. The van der Waals surface area contributed by atoms with Crippen molar-refractivity contribution in [2.75, 3.05) is 5.32 Å². The minimum atomic E-state index is 0.420. The van der Waals surface area contributed by atoms with Crippen molar-refractivity contribution in [3.8, 4) is 0 Å². The number of benzene rings is 1. The van der Waals surface area contributed by atoms with Crippen LogP contribution in [0.2, 0.25) is 0 Å². The number of nitrogens with zero attached hydrogens (tertiary/aromatic N) is 2. The number of rotatable bonds is 5. The first-order valence-electron chi connectivity index (χ1n) is 7.05. The van der Waals surface area contributed by atoms with Gasteiger partial charge in [-0.3, -0.25) is 4.40 Å². The molecule has 0 bridgehead atoms. The maximum atomic E-state index is 4.30. The van der Waals surface area contributed by atoms with Crippen molar-refractivity contribution in [2.24, 2.45) is 0 Å². The molecule has 0 aliphatic heterocycles.